The molecule has 3 N–H and O–H groups in total. The number of nitrogens with two attached hydrogens (primary N) is 1. The van der Waals surface area contributed by atoms with Gasteiger partial charge in [-0.2, -0.15) is 0 Å². The first-order valence-corrected chi connectivity index (χ1v) is 7.68. The van der Waals surface area contributed by atoms with E-state index in [0.29, 0.717) is 23.7 Å². The lowest BCUT2D eigenvalue weighted by atomic mass is 9.81. The summed E-state index contributed by atoms with van der Waals surface area (Å²) in [6.45, 7) is 4.67. The Labute approximate surface area is 120 Å². The molecule has 1 saturated heterocycles. The van der Waals surface area contributed by atoms with Crippen LogP contribution in [0.2, 0.25) is 0 Å². The molecule has 2 rings (SSSR count). The molecule has 2 aliphatic rings. The van der Waals surface area contributed by atoms with E-state index in [1.165, 1.54) is 12.8 Å². The van der Waals surface area contributed by atoms with Crippen molar-refractivity contribution in [2.45, 2.75) is 58.1 Å². The standard InChI is InChI=1S/C14H24N2O2S/c1-3-14(4-2,12(15)19)13(17)16-10-7-8-18-11(10)9-5-6-9/h9-11H,3-8H2,1-2H3,(H2,15,19)(H,16,17). The van der Waals surface area contributed by atoms with Crippen molar-refractivity contribution in [3.05, 3.63) is 0 Å². The first-order valence-electron chi connectivity index (χ1n) is 7.27. The predicted octanol–water partition coefficient (Wildman–Crippen LogP) is 1.76. The second-order valence-corrected chi connectivity index (χ2v) is 6.13. The van der Waals surface area contributed by atoms with Gasteiger partial charge in [0.2, 0.25) is 5.91 Å². The van der Waals surface area contributed by atoms with E-state index in [2.05, 4.69) is 5.32 Å². The highest BCUT2D eigenvalue weighted by atomic mass is 32.1. The van der Waals surface area contributed by atoms with Crippen LogP contribution in [-0.2, 0) is 9.53 Å². The molecule has 2 atom stereocenters. The Balaban J connectivity index is 2.04. The maximum atomic E-state index is 12.6. The zero-order chi connectivity index (χ0) is 14.0. The van der Waals surface area contributed by atoms with Gasteiger partial charge in [-0.3, -0.25) is 4.79 Å². The molecule has 5 heteroatoms. The van der Waals surface area contributed by atoms with Crippen LogP contribution in [-0.4, -0.2) is 29.6 Å². The van der Waals surface area contributed by atoms with Crippen LogP contribution in [0, 0.1) is 11.3 Å². The Morgan fingerprint density at radius 2 is 2.00 bits per heavy atom. The number of hydrogen-bond acceptors (Lipinski definition) is 3. The summed E-state index contributed by atoms with van der Waals surface area (Å²) in [6, 6.07) is 0.131. The summed E-state index contributed by atoms with van der Waals surface area (Å²) in [5.41, 5.74) is 5.11. The fourth-order valence-corrected chi connectivity index (χ4v) is 3.37. The summed E-state index contributed by atoms with van der Waals surface area (Å²) in [5.74, 6) is 0.612. The van der Waals surface area contributed by atoms with Gasteiger partial charge in [0.15, 0.2) is 0 Å². The molecule has 0 spiro atoms. The van der Waals surface area contributed by atoms with Crippen LogP contribution >= 0.6 is 12.2 Å². The third kappa shape index (κ3) is 2.77. The monoisotopic (exact) mass is 284 g/mol. The number of rotatable bonds is 6. The summed E-state index contributed by atoms with van der Waals surface area (Å²) >= 11 is 5.12. The Morgan fingerprint density at radius 1 is 1.37 bits per heavy atom. The first-order chi connectivity index (χ1) is 9.05. The van der Waals surface area contributed by atoms with E-state index in [1.807, 2.05) is 13.8 Å². The molecule has 1 aliphatic heterocycles. The van der Waals surface area contributed by atoms with Gasteiger partial charge in [-0.05, 0) is 38.0 Å². The SMILES string of the molecule is CCC(CC)(C(=O)NC1CCOC1C1CC1)C(N)=S. The van der Waals surface area contributed by atoms with Gasteiger partial charge in [0, 0.05) is 6.61 Å². The zero-order valence-corrected chi connectivity index (χ0v) is 12.6. The van der Waals surface area contributed by atoms with Crippen LogP contribution < -0.4 is 11.1 Å². The van der Waals surface area contributed by atoms with Gasteiger partial charge in [0.05, 0.1) is 22.5 Å². The van der Waals surface area contributed by atoms with Crippen molar-refractivity contribution < 1.29 is 9.53 Å². The highest BCUT2D eigenvalue weighted by Gasteiger charge is 2.44. The molecule has 0 radical (unpaired) electrons. The molecule has 0 aromatic rings. The molecule has 1 aliphatic carbocycles. The molecular formula is C14H24N2O2S. The molecule has 0 bridgehead atoms. The highest BCUT2D eigenvalue weighted by Crippen LogP contribution is 2.39. The van der Waals surface area contributed by atoms with Gasteiger partial charge in [-0.1, -0.05) is 26.1 Å². The molecule has 2 unspecified atom stereocenters. The number of thiocarbonyl (C=S) groups is 1. The molecule has 0 aromatic carbocycles. The van der Waals surface area contributed by atoms with Crippen LogP contribution in [0.25, 0.3) is 0 Å². The van der Waals surface area contributed by atoms with E-state index < -0.39 is 5.41 Å². The van der Waals surface area contributed by atoms with Gasteiger partial charge >= 0.3 is 0 Å². The minimum absolute atomic E-state index is 0.0221. The summed E-state index contributed by atoms with van der Waals surface area (Å²) in [7, 11) is 0. The van der Waals surface area contributed by atoms with Gasteiger partial charge in [0.1, 0.15) is 0 Å². The number of nitrogens with one attached hydrogen (secondary N) is 1. The quantitative estimate of drug-likeness (QED) is 0.730. The summed E-state index contributed by atoms with van der Waals surface area (Å²) in [6.07, 6.45) is 4.83. The molecule has 4 nitrogen and oxygen atoms in total. The lowest BCUT2D eigenvalue weighted by Gasteiger charge is -2.31. The number of hydrogen-bond donors (Lipinski definition) is 2. The first kappa shape index (κ1) is 14.7. The number of carbonyl (C=O) groups excluding carboxylic acids is 1. The van der Waals surface area contributed by atoms with Gasteiger partial charge in [-0.15, -0.1) is 0 Å². The molecule has 108 valence electrons. The number of ether oxygens (including phenoxy) is 1. The molecule has 19 heavy (non-hydrogen) atoms. The maximum Gasteiger partial charge on any atom is 0.233 e. The van der Waals surface area contributed by atoms with Crippen LogP contribution in [0.1, 0.15) is 46.0 Å². The lowest BCUT2D eigenvalue weighted by Crippen LogP contribution is -2.53. The van der Waals surface area contributed by atoms with Crippen molar-refractivity contribution in [1.82, 2.24) is 5.32 Å². The summed E-state index contributed by atoms with van der Waals surface area (Å²) in [5, 5.41) is 3.14. The van der Waals surface area contributed by atoms with Gasteiger partial charge < -0.3 is 15.8 Å². The van der Waals surface area contributed by atoms with E-state index in [0.717, 1.165) is 13.0 Å². The zero-order valence-electron chi connectivity index (χ0n) is 11.8. The second kappa shape index (κ2) is 5.75. The normalized spacial score (nSPS) is 27.3. The lowest BCUT2D eigenvalue weighted by molar-refractivity contribution is -0.129. The van der Waals surface area contributed by atoms with Crippen molar-refractivity contribution in [2.24, 2.45) is 17.1 Å². The minimum atomic E-state index is -0.702. The van der Waals surface area contributed by atoms with Crippen molar-refractivity contribution in [2.75, 3.05) is 6.61 Å². The predicted molar refractivity (Wildman–Crippen MR) is 78.8 cm³/mol. The Kier molecular flexibility index (Phi) is 4.46. The number of carbonyl (C=O) groups is 1. The molecule has 0 aromatic heterocycles. The minimum Gasteiger partial charge on any atom is -0.392 e. The maximum absolute atomic E-state index is 12.6. The highest BCUT2D eigenvalue weighted by molar-refractivity contribution is 7.80. The Morgan fingerprint density at radius 3 is 2.47 bits per heavy atom. The van der Waals surface area contributed by atoms with Crippen molar-refractivity contribution in [1.29, 1.82) is 0 Å². The molecule has 1 saturated carbocycles. The van der Waals surface area contributed by atoms with E-state index in [-0.39, 0.29) is 18.1 Å². The van der Waals surface area contributed by atoms with E-state index in [9.17, 15) is 4.79 Å². The third-order valence-corrected chi connectivity index (χ3v) is 5.04. The van der Waals surface area contributed by atoms with Crippen molar-refractivity contribution in [3.63, 3.8) is 0 Å². The smallest absolute Gasteiger partial charge is 0.233 e. The van der Waals surface area contributed by atoms with Gasteiger partial charge in [-0.25, -0.2) is 0 Å². The largest absolute Gasteiger partial charge is 0.392 e. The second-order valence-electron chi connectivity index (χ2n) is 5.69. The van der Waals surface area contributed by atoms with E-state index in [4.69, 9.17) is 22.7 Å². The molecule has 1 amide bonds. The number of amides is 1. The third-order valence-electron chi connectivity index (χ3n) is 4.65. The van der Waals surface area contributed by atoms with E-state index in [1.54, 1.807) is 0 Å². The van der Waals surface area contributed by atoms with Crippen LogP contribution in [0.15, 0.2) is 0 Å². The molecule has 1 heterocycles. The van der Waals surface area contributed by atoms with E-state index >= 15 is 0 Å². The van der Waals surface area contributed by atoms with Crippen LogP contribution in [0.4, 0.5) is 0 Å². The molecule has 2 fully saturated rings. The molecular weight excluding hydrogens is 260 g/mol. The van der Waals surface area contributed by atoms with Crippen LogP contribution in [0.5, 0.6) is 0 Å². The summed E-state index contributed by atoms with van der Waals surface area (Å²) < 4.78 is 5.75. The Hall–Kier alpha value is -0.680. The topological polar surface area (TPSA) is 64.3 Å². The average molecular weight is 284 g/mol. The van der Waals surface area contributed by atoms with Crippen molar-refractivity contribution >= 4 is 23.1 Å². The Bertz CT molecular complexity index is 364. The average Bonchev–Trinajstić information content (AvgIpc) is 3.12. The summed E-state index contributed by atoms with van der Waals surface area (Å²) in [4.78, 5) is 12.9. The van der Waals surface area contributed by atoms with Gasteiger partial charge in [0.25, 0.3) is 0 Å². The fourth-order valence-electron chi connectivity index (χ4n) is 2.99. The fraction of sp³-hybridized carbons (Fsp3) is 0.857. The van der Waals surface area contributed by atoms with Crippen LogP contribution in [0.3, 0.4) is 0 Å². The van der Waals surface area contributed by atoms with Crippen molar-refractivity contribution in [3.8, 4) is 0 Å².